The molecule has 1 amide bonds. The fourth-order valence-electron chi connectivity index (χ4n) is 3.36. The van der Waals surface area contributed by atoms with E-state index in [-0.39, 0.29) is 5.91 Å². The van der Waals surface area contributed by atoms with E-state index < -0.39 is 0 Å². The van der Waals surface area contributed by atoms with Crippen LogP contribution in [0.3, 0.4) is 0 Å². The van der Waals surface area contributed by atoms with Gasteiger partial charge in [0.05, 0.1) is 11.1 Å². The summed E-state index contributed by atoms with van der Waals surface area (Å²) in [4.78, 5) is 21.5. The van der Waals surface area contributed by atoms with Crippen molar-refractivity contribution in [3.05, 3.63) is 71.9 Å². The molecule has 1 saturated heterocycles. The first-order chi connectivity index (χ1) is 12.7. The molecule has 1 fully saturated rings. The quantitative estimate of drug-likeness (QED) is 0.684. The van der Waals surface area contributed by atoms with Crippen LogP contribution in [0.5, 0.6) is 0 Å². The normalized spacial score (nSPS) is 15.3. The third kappa shape index (κ3) is 3.63. The molecule has 4 rings (SSSR count). The first-order valence-electron chi connectivity index (χ1n) is 8.90. The van der Waals surface area contributed by atoms with Gasteiger partial charge in [0, 0.05) is 44.3 Å². The monoisotopic (exact) mass is 341 g/mol. The number of fused-ring (bicyclic) bond motifs is 1. The van der Waals surface area contributed by atoms with Gasteiger partial charge in [-0.1, -0.05) is 47.9 Å². The minimum absolute atomic E-state index is 0.0652. The summed E-state index contributed by atoms with van der Waals surface area (Å²) < 4.78 is 0. The minimum Gasteiger partial charge on any atom is -0.336 e. The Balaban J connectivity index is 1.38. The van der Waals surface area contributed by atoms with Gasteiger partial charge in [0.2, 0.25) is 0 Å². The lowest BCUT2D eigenvalue weighted by Gasteiger charge is -2.34. The van der Waals surface area contributed by atoms with Crippen molar-refractivity contribution in [1.29, 1.82) is 0 Å². The predicted molar refractivity (Wildman–Crippen MR) is 105 cm³/mol. The molecule has 1 aliphatic heterocycles. The van der Waals surface area contributed by atoms with Crippen LogP contribution in [0.25, 0.3) is 10.9 Å². The summed E-state index contributed by atoms with van der Waals surface area (Å²) in [6.07, 6.45) is 1.69. The molecule has 0 spiro atoms. The van der Waals surface area contributed by atoms with Crippen molar-refractivity contribution in [2.75, 3.05) is 26.2 Å². The standard InChI is InChI=1S/C21H20BN3O/c22-19-7-5-16(6-8-19)15-24-9-11-25(12-10-24)21(26)18-13-17-3-1-2-4-20(17)23-14-18/h1-8,13-14H,9-12,15H2. The Morgan fingerprint density at radius 1 is 1.00 bits per heavy atom. The average Bonchev–Trinajstić information content (AvgIpc) is 2.69. The number of para-hydroxylation sites is 1. The third-order valence-electron chi connectivity index (χ3n) is 4.88. The van der Waals surface area contributed by atoms with Gasteiger partial charge in [-0.3, -0.25) is 14.7 Å². The molecule has 0 aliphatic carbocycles. The maximum absolute atomic E-state index is 12.8. The van der Waals surface area contributed by atoms with E-state index in [0.717, 1.165) is 49.1 Å². The van der Waals surface area contributed by atoms with Crippen molar-refractivity contribution in [2.45, 2.75) is 6.54 Å². The van der Waals surface area contributed by atoms with Gasteiger partial charge < -0.3 is 4.90 Å². The van der Waals surface area contributed by atoms with Crippen LogP contribution < -0.4 is 5.46 Å². The Bertz CT molecular complexity index is 918. The highest BCUT2D eigenvalue weighted by atomic mass is 16.2. The number of hydrogen-bond donors (Lipinski definition) is 0. The van der Waals surface area contributed by atoms with Crippen LogP contribution in [0.15, 0.2) is 60.8 Å². The number of nitrogens with zero attached hydrogens (tertiary/aromatic N) is 3. The fraction of sp³-hybridized carbons (Fsp3) is 0.238. The van der Waals surface area contributed by atoms with E-state index in [9.17, 15) is 4.79 Å². The number of benzene rings is 2. The summed E-state index contributed by atoms with van der Waals surface area (Å²) in [6, 6.07) is 17.8. The number of rotatable bonds is 3. The molecule has 26 heavy (non-hydrogen) atoms. The van der Waals surface area contributed by atoms with Crippen LogP contribution in [0.1, 0.15) is 15.9 Å². The van der Waals surface area contributed by atoms with Gasteiger partial charge in [0.1, 0.15) is 7.85 Å². The number of carbonyl (C=O) groups is 1. The topological polar surface area (TPSA) is 36.4 Å². The van der Waals surface area contributed by atoms with E-state index in [1.165, 1.54) is 5.56 Å². The summed E-state index contributed by atoms with van der Waals surface area (Å²) in [5, 5.41) is 1.00. The molecule has 5 heteroatoms. The number of amides is 1. The molecular formula is C21H20BN3O. The van der Waals surface area contributed by atoms with Crippen LogP contribution in [-0.4, -0.2) is 54.7 Å². The molecular weight excluding hydrogens is 321 g/mol. The summed E-state index contributed by atoms with van der Waals surface area (Å²) in [5.74, 6) is 0.0652. The van der Waals surface area contributed by atoms with E-state index in [2.05, 4.69) is 22.0 Å². The lowest BCUT2D eigenvalue weighted by Crippen LogP contribution is -2.48. The van der Waals surface area contributed by atoms with Crippen LogP contribution in [-0.2, 0) is 6.54 Å². The zero-order valence-corrected chi connectivity index (χ0v) is 14.6. The SMILES string of the molecule is [B]c1ccc(CN2CCN(C(=O)c3cnc4ccccc4c3)CC2)cc1. The second-order valence-corrected chi connectivity index (χ2v) is 6.73. The number of hydrogen-bond acceptors (Lipinski definition) is 3. The molecule has 0 atom stereocenters. The van der Waals surface area contributed by atoms with Gasteiger partial charge in [-0.25, -0.2) is 0 Å². The Morgan fingerprint density at radius 3 is 2.50 bits per heavy atom. The van der Waals surface area contributed by atoms with Crippen molar-refractivity contribution < 1.29 is 4.79 Å². The van der Waals surface area contributed by atoms with Crippen molar-refractivity contribution >= 4 is 30.1 Å². The second kappa shape index (κ2) is 7.30. The van der Waals surface area contributed by atoms with Gasteiger partial charge >= 0.3 is 0 Å². The van der Waals surface area contributed by atoms with Gasteiger partial charge in [-0.15, -0.1) is 0 Å². The highest BCUT2D eigenvalue weighted by Crippen LogP contribution is 2.16. The average molecular weight is 341 g/mol. The Hall–Kier alpha value is -2.66. The molecule has 3 aromatic rings. The van der Waals surface area contributed by atoms with Crippen LogP contribution >= 0.6 is 0 Å². The van der Waals surface area contributed by atoms with E-state index in [1.807, 2.05) is 47.4 Å². The van der Waals surface area contributed by atoms with Crippen molar-refractivity contribution in [3.8, 4) is 0 Å². The fourth-order valence-corrected chi connectivity index (χ4v) is 3.36. The smallest absolute Gasteiger partial charge is 0.255 e. The number of carbonyl (C=O) groups excluding carboxylic acids is 1. The molecule has 2 aromatic carbocycles. The largest absolute Gasteiger partial charge is 0.336 e. The van der Waals surface area contributed by atoms with E-state index >= 15 is 0 Å². The van der Waals surface area contributed by atoms with Crippen LogP contribution in [0.2, 0.25) is 0 Å². The summed E-state index contributed by atoms with van der Waals surface area (Å²) in [6.45, 7) is 4.11. The third-order valence-corrected chi connectivity index (χ3v) is 4.88. The Labute approximate surface area is 154 Å². The molecule has 1 aromatic heterocycles. The van der Waals surface area contributed by atoms with Crippen molar-refractivity contribution in [3.63, 3.8) is 0 Å². The summed E-state index contributed by atoms with van der Waals surface area (Å²) >= 11 is 0. The molecule has 128 valence electrons. The zero-order valence-electron chi connectivity index (χ0n) is 14.6. The molecule has 0 bridgehead atoms. The van der Waals surface area contributed by atoms with E-state index in [0.29, 0.717) is 5.56 Å². The predicted octanol–water partition coefficient (Wildman–Crippen LogP) is 1.99. The van der Waals surface area contributed by atoms with Gasteiger partial charge in [0.25, 0.3) is 5.91 Å². The molecule has 2 radical (unpaired) electrons. The van der Waals surface area contributed by atoms with Gasteiger partial charge in [-0.2, -0.15) is 0 Å². The maximum atomic E-state index is 12.8. The van der Waals surface area contributed by atoms with Crippen molar-refractivity contribution in [2.24, 2.45) is 0 Å². The molecule has 0 saturated carbocycles. The molecule has 4 nitrogen and oxygen atoms in total. The highest BCUT2D eigenvalue weighted by Gasteiger charge is 2.22. The van der Waals surface area contributed by atoms with E-state index in [4.69, 9.17) is 7.85 Å². The second-order valence-electron chi connectivity index (χ2n) is 6.73. The molecule has 0 N–H and O–H groups in total. The number of pyridine rings is 1. The number of piperazine rings is 1. The Kier molecular flexibility index (Phi) is 4.72. The lowest BCUT2D eigenvalue weighted by atomic mass is 9.95. The zero-order chi connectivity index (χ0) is 17.9. The summed E-state index contributed by atoms with van der Waals surface area (Å²) in [7, 11) is 5.74. The highest BCUT2D eigenvalue weighted by molar-refractivity contribution is 6.32. The molecule has 0 unspecified atom stereocenters. The van der Waals surface area contributed by atoms with E-state index in [1.54, 1.807) is 6.20 Å². The first kappa shape index (κ1) is 16.8. The van der Waals surface area contributed by atoms with Crippen LogP contribution in [0.4, 0.5) is 0 Å². The number of aromatic nitrogens is 1. The molecule has 2 heterocycles. The minimum atomic E-state index is 0.0652. The van der Waals surface area contributed by atoms with Crippen molar-refractivity contribution in [1.82, 2.24) is 14.8 Å². The Morgan fingerprint density at radius 2 is 1.73 bits per heavy atom. The summed E-state index contributed by atoms with van der Waals surface area (Å²) in [5.41, 5.74) is 3.61. The maximum Gasteiger partial charge on any atom is 0.255 e. The van der Waals surface area contributed by atoms with Gasteiger partial charge in [0.15, 0.2) is 0 Å². The first-order valence-corrected chi connectivity index (χ1v) is 8.90. The molecule has 1 aliphatic rings. The lowest BCUT2D eigenvalue weighted by molar-refractivity contribution is 0.0628. The van der Waals surface area contributed by atoms with Gasteiger partial charge in [-0.05, 0) is 17.7 Å². The van der Waals surface area contributed by atoms with Crippen LogP contribution in [0, 0.1) is 0 Å².